The topological polar surface area (TPSA) is 54.4 Å². The Hall–Kier alpha value is -1.34. The molecule has 2 aliphatic heterocycles. The molecule has 1 saturated carbocycles. The number of aliphatic imine (C=N–C) groups is 1. The minimum absolute atomic E-state index is 0.329. The van der Waals surface area contributed by atoms with Crippen molar-refractivity contribution in [2.45, 2.75) is 40.0 Å². The molecular formula is C22H42N6O. The zero-order valence-electron chi connectivity index (χ0n) is 18.9. The number of hydrogen-bond acceptors (Lipinski definition) is 4. The Bertz CT molecular complexity index is 531. The molecule has 1 N–H and O–H groups in total. The average Bonchev–Trinajstić information content (AvgIpc) is 2.67. The summed E-state index contributed by atoms with van der Waals surface area (Å²) in [6, 6.07) is 0. The summed E-state index contributed by atoms with van der Waals surface area (Å²) in [4.78, 5) is 26.8. The Kier molecular flexibility index (Phi) is 8.60. The maximum atomic E-state index is 12.4. The van der Waals surface area contributed by atoms with Crippen LogP contribution in [0.1, 0.15) is 40.0 Å². The Balaban J connectivity index is 1.39. The van der Waals surface area contributed by atoms with Crippen LogP contribution in [0.4, 0.5) is 0 Å². The quantitative estimate of drug-likeness (QED) is 0.508. The highest BCUT2D eigenvalue weighted by molar-refractivity contribution is 5.80. The van der Waals surface area contributed by atoms with Crippen LogP contribution in [0.2, 0.25) is 0 Å². The lowest BCUT2D eigenvalue weighted by molar-refractivity contribution is -0.139. The van der Waals surface area contributed by atoms with Gasteiger partial charge >= 0.3 is 0 Å². The SMILES string of the molecule is CCNC(=NCCN1CCN(C(=O)C2CCC2)CC1)N1CCN(CC(C)C)CC1. The van der Waals surface area contributed by atoms with Crippen LogP contribution in [0.25, 0.3) is 0 Å². The second kappa shape index (κ2) is 11.2. The normalized spacial score (nSPS) is 22.8. The maximum Gasteiger partial charge on any atom is 0.225 e. The molecule has 3 rings (SSSR count). The van der Waals surface area contributed by atoms with Gasteiger partial charge in [-0.15, -0.1) is 0 Å². The number of nitrogens with one attached hydrogen (secondary N) is 1. The van der Waals surface area contributed by atoms with Crippen molar-refractivity contribution in [3.05, 3.63) is 0 Å². The molecule has 0 aromatic heterocycles. The monoisotopic (exact) mass is 406 g/mol. The Morgan fingerprint density at radius 3 is 2.14 bits per heavy atom. The van der Waals surface area contributed by atoms with E-state index in [9.17, 15) is 4.79 Å². The molecule has 0 bridgehead atoms. The fourth-order valence-electron chi connectivity index (χ4n) is 4.49. The molecule has 1 aliphatic carbocycles. The molecular weight excluding hydrogens is 364 g/mol. The molecule has 166 valence electrons. The summed E-state index contributed by atoms with van der Waals surface area (Å²) in [5, 5.41) is 3.48. The summed E-state index contributed by atoms with van der Waals surface area (Å²) >= 11 is 0. The van der Waals surface area contributed by atoms with Crippen molar-refractivity contribution in [1.82, 2.24) is 24.9 Å². The van der Waals surface area contributed by atoms with E-state index in [1.807, 2.05) is 0 Å². The maximum absolute atomic E-state index is 12.4. The number of amides is 1. The van der Waals surface area contributed by atoms with Crippen molar-refractivity contribution < 1.29 is 4.79 Å². The van der Waals surface area contributed by atoms with E-state index >= 15 is 0 Å². The average molecular weight is 407 g/mol. The second-order valence-electron chi connectivity index (χ2n) is 9.21. The molecule has 3 aliphatic rings. The van der Waals surface area contributed by atoms with Gasteiger partial charge in [-0.25, -0.2) is 0 Å². The van der Waals surface area contributed by atoms with Gasteiger partial charge in [0.15, 0.2) is 5.96 Å². The van der Waals surface area contributed by atoms with Crippen LogP contribution in [0, 0.1) is 11.8 Å². The number of carbonyl (C=O) groups excluding carboxylic acids is 1. The van der Waals surface area contributed by atoms with E-state index in [1.165, 1.54) is 13.0 Å². The van der Waals surface area contributed by atoms with Crippen LogP contribution in [-0.4, -0.2) is 110 Å². The summed E-state index contributed by atoms with van der Waals surface area (Å²) in [5.41, 5.74) is 0. The third-order valence-electron chi connectivity index (χ3n) is 6.45. The van der Waals surface area contributed by atoms with Gasteiger partial charge in [0.2, 0.25) is 5.91 Å². The third-order valence-corrected chi connectivity index (χ3v) is 6.45. The Labute approximate surface area is 177 Å². The molecule has 0 atom stereocenters. The molecule has 0 spiro atoms. The van der Waals surface area contributed by atoms with Gasteiger partial charge in [-0.3, -0.25) is 19.6 Å². The number of carbonyl (C=O) groups is 1. The molecule has 2 heterocycles. The minimum atomic E-state index is 0.329. The summed E-state index contributed by atoms with van der Waals surface area (Å²) in [6.45, 7) is 18.7. The summed E-state index contributed by atoms with van der Waals surface area (Å²) in [7, 11) is 0. The molecule has 0 unspecified atom stereocenters. The van der Waals surface area contributed by atoms with Gasteiger partial charge in [0.1, 0.15) is 0 Å². The van der Waals surface area contributed by atoms with Crippen molar-refractivity contribution in [1.29, 1.82) is 0 Å². The van der Waals surface area contributed by atoms with Crippen molar-refractivity contribution in [2.75, 3.05) is 78.5 Å². The molecule has 1 amide bonds. The van der Waals surface area contributed by atoms with E-state index < -0.39 is 0 Å². The zero-order valence-corrected chi connectivity index (χ0v) is 18.9. The number of rotatable bonds is 7. The van der Waals surface area contributed by atoms with E-state index in [-0.39, 0.29) is 0 Å². The van der Waals surface area contributed by atoms with Crippen molar-refractivity contribution in [3.63, 3.8) is 0 Å². The number of nitrogens with zero attached hydrogens (tertiary/aromatic N) is 5. The predicted molar refractivity (Wildman–Crippen MR) is 119 cm³/mol. The van der Waals surface area contributed by atoms with E-state index in [0.717, 1.165) is 96.7 Å². The lowest BCUT2D eigenvalue weighted by Gasteiger charge is -2.38. The van der Waals surface area contributed by atoms with Gasteiger partial charge in [-0.2, -0.15) is 0 Å². The molecule has 0 aromatic rings. The van der Waals surface area contributed by atoms with Crippen molar-refractivity contribution in [3.8, 4) is 0 Å². The smallest absolute Gasteiger partial charge is 0.225 e. The van der Waals surface area contributed by atoms with Crippen molar-refractivity contribution >= 4 is 11.9 Å². The second-order valence-corrected chi connectivity index (χ2v) is 9.21. The first-order chi connectivity index (χ1) is 14.1. The van der Waals surface area contributed by atoms with Crippen LogP contribution in [0.3, 0.4) is 0 Å². The minimum Gasteiger partial charge on any atom is -0.357 e. The van der Waals surface area contributed by atoms with Gasteiger partial charge in [-0.05, 0) is 25.7 Å². The fourth-order valence-corrected chi connectivity index (χ4v) is 4.49. The van der Waals surface area contributed by atoms with Crippen LogP contribution >= 0.6 is 0 Å². The molecule has 29 heavy (non-hydrogen) atoms. The molecule has 0 radical (unpaired) electrons. The van der Waals surface area contributed by atoms with E-state index in [0.29, 0.717) is 11.8 Å². The lowest BCUT2D eigenvalue weighted by atomic mass is 9.84. The highest BCUT2D eigenvalue weighted by Crippen LogP contribution is 2.28. The highest BCUT2D eigenvalue weighted by Gasteiger charge is 2.31. The van der Waals surface area contributed by atoms with Crippen LogP contribution in [-0.2, 0) is 4.79 Å². The largest absolute Gasteiger partial charge is 0.357 e. The van der Waals surface area contributed by atoms with Gasteiger partial charge in [-0.1, -0.05) is 20.3 Å². The van der Waals surface area contributed by atoms with Crippen molar-refractivity contribution in [2.24, 2.45) is 16.8 Å². The number of piperazine rings is 2. The molecule has 7 heteroatoms. The van der Waals surface area contributed by atoms with Crippen LogP contribution in [0.15, 0.2) is 4.99 Å². The molecule has 7 nitrogen and oxygen atoms in total. The van der Waals surface area contributed by atoms with Crippen LogP contribution < -0.4 is 5.32 Å². The van der Waals surface area contributed by atoms with Gasteiger partial charge in [0.05, 0.1) is 6.54 Å². The first-order valence-electron chi connectivity index (χ1n) is 11.8. The van der Waals surface area contributed by atoms with E-state index in [2.05, 4.69) is 45.7 Å². The first-order valence-corrected chi connectivity index (χ1v) is 11.8. The lowest BCUT2D eigenvalue weighted by Crippen LogP contribution is -2.53. The Morgan fingerprint density at radius 1 is 0.966 bits per heavy atom. The highest BCUT2D eigenvalue weighted by atomic mass is 16.2. The van der Waals surface area contributed by atoms with Crippen LogP contribution in [0.5, 0.6) is 0 Å². The zero-order chi connectivity index (χ0) is 20.6. The Morgan fingerprint density at radius 2 is 1.59 bits per heavy atom. The molecule has 0 aromatic carbocycles. The first kappa shape index (κ1) is 22.3. The standard InChI is InChI=1S/C22H42N6O/c1-4-23-22(28-16-12-26(13-17-28)18-19(2)3)24-8-9-25-10-14-27(15-11-25)21(29)20-6-5-7-20/h19-20H,4-18H2,1-3H3,(H,23,24). The van der Waals surface area contributed by atoms with Gasteiger partial charge in [0.25, 0.3) is 0 Å². The summed E-state index contributed by atoms with van der Waals surface area (Å²) in [6.07, 6.45) is 3.44. The number of hydrogen-bond donors (Lipinski definition) is 1. The fraction of sp³-hybridized carbons (Fsp3) is 0.909. The molecule has 2 saturated heterocycles. The van der Waals surface area contributed by atoms with E-state index in [1.54, 1.807) is 0 Å². The van der Waals surface area contributed by atoms with E-state index in [4.69, 9.17) is 4.99 Å². The summed E-state index contributed by atoms with van der Waals surface area (Å²) in [5.74, 6) is 2.53. The van der Waals surface area contributed by atoms with Gasteiger partial charge in [0, 0.05) is 77.9 Å². The predicted octanol–water partition coefficient (Wildman–Crippen LogP) is 1.17. The third kappa shape index (κ3) is 6.57. The summed E-state index contributed by atoms with van der Waals surface area (Å²) < 4.78 is 0. The molecule has 3 fully saturated rings. The van der Waals surface area contributed by atoms with Gasteiger partial charge < -0.3 is 15.1 Å². The number of guanidine groups is 1.